The molecular formula is C19H17Cl2N3O3S. The molecule has 0 atom stereocenters. The Kier molecular flexibility index (Phi) is 5.07. The van der Waals surface area contributed by atoms with Crippen molar-refractivity contribution in [3.05, 3.63) is 52.0 Å². The summed E-state index contributed by atoms with van der Waals surface area (Å²) < 4.78 is 29.4. The van der Waals surface area contributed by atoms with Gasteiger partial charge in [-0.2, -0.15) is 8.42 Å². The number of hydrogen-bond acceptors (Lipinski definition) is 4. The van der Waals surface area contributed by atoms with Gasteiger partial charge in [-0.3, -0.25) is 4.79 Å². The third kappa shape index (κ3) is 3.62. The number of rotatable bonds is 2. The number of fused-ring (bicyclic) bond motifs is 3. The summed E-state index contributed by atoms with van der Waals surface area (Å²) >= 11 is 12.3. The molecule has 0 radical (unpaired) electrons. The van der Waals surface area contributed by atoms with E-state index >= 15 is 0 Å². The highest BCUT2D eigenvalue weighted by atomic mass is 35.5. The van der Waals surface area contributed by atoms with Crippen LogP contribution in [0.5, 0.6) is 0 Å². The number of hydrogen-bond donors (Lipinski definition) is 1. The second kappa shape index (κ2) is 7.39. The van der Waals surface area contributed by atoms with Crippen LogP contribution in [-0.4, -0.2) is 26.7 Å². The standard InChI is InChI=1S/C19H17Cl2N3O3S/c20-12-5-4-6-13(9-12)22-19(25)14-10-17-16(11-15(14)21)24-8-3-1-2-7-18(24)23-28(17,26)27/h4-6,9-11H,1-3,7-8H2,(H,22,25). The van der Waals surface area contributed by atoms with Crippen molar-refractivity contribution < 1.29 is 13.2 Å². The minimum atomic E-state index is -3.89. The number of amidine groups is 1. The Labute approximate surface area is 173 Å². The molecule has 2 aromatic rings. The normalized spacial score (nSPS) is 17.8. The molecule has 146 valence electrons. The molecule has 0 aromatic heterocycles. The number of carbonyl (C=O) groups excluding carboxylic acids is 1. The summed E-state index contributed by atoms with van der Waals surface area (Å²) in [6, 6.07) is 9.51. The maximum absolute atomic E-state index is 12.7. The molecule has 0 unspecified atom stereocenters. The lowest BCUT2D eigenvalue weighted by molar-refractivity contribution is 0.102. The molecule has 0 bridgehead atoms. The predicted octanol–water partition coefficient (Wildman–Crippen LogP) is 4.73. The summed E-state index contributed by atoms with van der Waals surface area (Å²) in [7, 11) is -3.89. The molecule has 2 heterocycles. The molecule has 2 aliphatic heterocycles. The van der Waals surface area contributed by atoms with Gasteiger partial charge < -0.3 is 10.2 Å². The molecule has 1 saturated heterocycles. The maximum Gasteiger partial charge on any atom is 0.286 e. The van der Waals surface area contributed by atoms with Gasteiger partial charge in [0.1, 0.15) is 10.7 Å². The largest absolute Gasteiger partial charge is 0.328 e. The molecule has 6 nitrogen and oxygen atoms in total. The second-order valence-electron chi connectivity index (χ2n) is 6.71. The van der Waals surface area contributed by atoms with Crippen LogP contribution in [0.2, 0.25) is 10.0 Å². The van der Waals surface area contributed by atoms with Gasteiger partial charge in [0, 0.05) is 23.7 Å². The van der Waals surface area contributed by atoms with E-state index in [4.69, 9.17) is 23.2 Å². The molecule has 1 amide bonds. The molecular weight excluding hydrogens is 421 g/mol. The lowest BCUT2D eigenvalue weighted by Crippen LogP contribution is -2.35. The van der Waals surface area contributed by atoms with Gasteiger partial charge in [0.25, 0.3) is 15.9 Å². The number of benzene rings is 2. The van der Waals surface area contributed by atoms with Gasteiger partial charge in [-0.1, -0.05) is 35.7 Å². The number of sulfonamides is 1. The van der Waals surface area contributed by atoms with Crippen LogP contribution in [0, 0.1) is 0 Å². The van der Waals surface area contributed by atoms with Gasteiger partial charge in [0.05, 0.1) is 16.3 Å². The monoisotopic (exact) mass is 437 g/mol. The van der Waals surface area contributed by atoms with E-state index in [1.54, 1.807) is 30.3 Å². The fourth-order valence-corrected chi connectivity index (χ4v) is 5.14. The zero-order valence-electron chi connectivity index (χ0n) is 14.8. The van der Waals surface area contributed by atoms with Gasteiger partial charge in [-0.25, -0.2) is 0 Å². The first kappa shape index (κ1) is 19.2. The summed E-state index contributed by atoms with van der Waals surface area (Å²) in [6.45, 7) is 0.672. The smallest absolute Gasteiger partial charge is 0.286 e. The highest BCUT2D eigenvalue weighted by Crippen LogP contribution is 2.38. The van der Waals surface area contributed by atoms with E-state index in [2.05, 4.69) is 9.71 Å². The van der Waals surface area contributed by atoms with Gasteiger partial charge in [-0.05, 0) is 43.2 Å². The number of nitrogens with zero attached hydrogens (tertiary/aromatic N) is 2. The topological polar surface area (TPSA) is 78.8 Å². The summed E-state index contributed by atoms with van der Waals surface area (Å²) in [5.41, 5.74) is 1.04. The first-order chi connectivity index (χ1) is 13.3. The Bertz CT molecular complexity index is 1100. The summed E-state index contributed by atoms with van der Waals surface area (Å²) in [6.07, 6.45) is 3.45. The fraction of sp³-hybridized carbons (Fsp3) is 0.263. The zero-order chi connectivity index (χ0) is 19.9. The molecule has 0 aliphatic carbocycles. The van der Waals surface area contributed by atoms with Gasteiger partial charge in [-0.15, -0.1) is 4.40 Å². The van der Waals surface area contributed by atoms with E-state index in [-0.39, 0.29) is 15.5 Å². The Hall–Kier alpha value is -2.09. The third-order valence-electron chi connectivity index (χ3n) is 4.76. The quantitative estimate of drug-likeness (QED) is 0.736. The van der Waals surface area contributed by atoms with E-state index in [0.29, 0.717) is 35.2 Å². The summed E-state index contributed by atoms with van der Waals surface area (Å²) in [5.74, 6) is 0.0214. The SMILES string of the molecule is O=C(Nc1cccc(Cl)c1)c1cc2c(cc1Cl)N1CCCCCC1=NS2(=O)=O. The number of carbonyl (C=O) groups is 1. The van der Waals surface area contributed by atoms with Crippen LogP contribution < -0.4 is 10.2 Å². The van der Waals surface area contributed by atoms with E-state index in [1.165, 1.54) is 6.07 Å². The predicted molar refractivity (Wildman–Crippen MR) is 111 cm³/mol. The Morgan fingerprint density at radius 2 is 1.93 bits per heavy atom. The molecule has 0 spiro atoms. The molecule has 9 heteroatoms. The van der Waals surface area contributed by atoms with Gasteiger partial charge >= 0.3 is 0 Å². The van der Waals surface area contributed by atoms with E-state index in [0.717, 1.165) is 19.3 Å². The summed E-state index contributed by atoms with van der Waals surface area (Å²) in [4.78, 5) is 14.6. The van der Waals surface area contributed by atoms with Crippen LogP contribution >= 0.6 is 23.2 Å². The van der Waals surface area contributed by atoms with Crippen LogP contribution in [-0.2, 0) is 10.0 Å². The lowest BCUT2D eigenvalue weighted by Gasteiger charge is -2.30. The number of anilines is 2. The lowest BCUT2D eigenvalue weighted by atomic mass is 10.1. The van der Waals surface area contributed by atoms with Crippen molar-refractivity contribution in [2.45, 2.75) is 30.6 Å². The van der Waals surface area contributed by atoms with Crippen LogP contribution in [0.1, 0.15) is 36.0 Å². The highest BCUT2D eigenvalue weighted by Gasteiger charge is 2.33. The summed E-state index contributed by atoms with van der Waals surface area (Å²) in [5, 5.41) is 3.34. The van der Waals surface area contributed by atoms with Crippen molar-refractivity contribution in [1.29, 1.82) is 0 Å². The number of amides is 1. The first-order valence-electron chi connectivity index (χ1n) is 8.87. The van der Waals surface area contributed by atoms with Crippen LogP contribution in [0.15, 0.2) is 45.7 Å². The average Bonchev–Trinajstić information content (AvgIpc) is 2.86. The molecule has 2 aliphatic rings. The molecule has 0 saturated carbocycles. The van der Waals surface area contributed by atoms with Crippen molar-refractivity contribution in [3.63, 3.8) is 0 Å². The zero-order valence-corrected chi connectivity index (χ0v) is 17.1. The van der Waals surface area contributed by atoms with Crippen LogP contribution in [0.4, 0.5) is 11.4 Å². The van der Waals surface area contributed by atoms with Crippen molar-refractivity contribution in [1.82, 2.24) is 0 Å². The fourth-order valence-electron chi connectivity index (χ4n) is 3.44. The molecule has 1 N–H and O–H groups in total. The Morgan fingerprint density at radius 3 is 2.71 bits per heavy atom. The van der Waals surface area contributed by atoms with Crippen LogP contribution in [0.3, 0.4) is 0 Å². The number of nitrogens with one attached hydrogen (secondary N) is 1. The van der Waals surface area contributed by atoms with Crippen molar-refractivity contribution in [3.8, 4) is 0 Å². The first-order valence-corrected chi connectivity index (χ1v) is 11.1. The Balaban J connectivity index is 1.75. The molecule has 28 heavy (non-hydrogen) atoms. The maximum atomic E-state index is 12.7. The molecule has 2 aromatic carbocycles. The second-order valence-corrected chi connectivity index (χ2v) is 9.13. The molecule has 4 rings (SSSR count). The van der Waals surface area contributed by atoms with E-state index in [9.17, 15) is 13.2 Å². The van der Waals surface area contributed by atoms with Gasteiger partial charge in [0.15, 0.2) is 0 Å². The Morgan fingerprint density at radius 1 is 1.11 bits per heavy atom. The minimum absolute atomic E-state index is 0.00112. The van der Waals surface area contributed by atoms with Crippen LogP contribution in [0.25, 0.3) is 0 Å². The van der Waals surface area contributed by atoms with Crippen molar-refractivity contribution >= 4 is 56.3 Å². The van der Waals surface area contributed by atoms with Crippen molar-refractivity contribution in [2.75, 3.05) is 16.8 Å². The van der Waals surface area contributed by atoms with Crippen molar-refractivity contribution in [2.24, 2.45) is 4.40 Å². The highest BCUT2D eigenvalue weighted by molar-refractivity contribution is 7.90. The third-order valence-corrected chi connectivity index (χ3v) is 6.65. The number of halogens is 2. The van der Waals surface area contributed by atoms with Gasteiger partial charge in [0.2, 0.25) is 0 Å². The molecule has 1 fully saturated rings. The average molecular weight is 438 g/mol. The van der Waals surface area contributed by atoms with E-state index in [1.807, 2.05) is 4.90 Å². The van der Waals surface area contributed by atoms with E-state index < -0.39 is 15.9 Å². The minimum Gasteiger partial charge on any atom is -0.328 e.